The number of hydrogen-bond donors (Lipinski definition) is 0. The summed E-state index contributed by atoms with van der Waals surface area (Å²) in [6, 6.07) is 19.8. The van der Waals surface area contributed by atoms with Crippen LogP contribution in [-0.2, 0) is 7.05 Å². The van der Waals surface area contributed by atoms with Gasteiger partial charge < -0.3 is 9.64 Å². The third-order valence-corrected chi connectivity index (χ3v) is 6.37. The number of likely N-dealkylation sites (tertiary alicyclic amines) is 1. The van der Waals surface area contributed by atoms with E-state index in [-0.39, 0.29) is 12.0 Å². The summed E-state index contributed by atoms with van der Waals surface area (Å²) in [6.45, 7) is 1.33. The van der Waals surface area contributed by atoms with E-state index in [0.29, 0.717) is 24.0 Å². The Labute approximate surface area is 178 Å². The molecule has 0 N–H and O–H groups in total. The predicted octanol–water partition coefficient (Wildman–Crippen LogP) is 4.38. The number of ether oxygens (including phenoxy) is 1. The van der Waals surface area contributed by atoms with Crippen molar-refractivity contribution in [1.82, 2.24) is 19.7 Å². The summed E-state index contributed by atoms with van der Waals surface area (Å²) in [5.74, 6) is 0.0191. The molecule has 0 radical (unpaired) electrons. The van der Waals surface area contributed by atoms with Gasteiger partial charge in [0.15, 0.2) is 0 Å². The van der Waals surface area contributed by atoms with Gasteiger partial charge in [-0.15, -0.1) is 0 Å². The van der Waals surface area contributed by atoms with Crippen LogP contribution in [0.5, 0.6) is 5.19 Å². The standard InChI is InChI=1S/C23H22N4O2S/c1-26-20(15-19(25-26)16-7-3-2-4-8-16)22(28)27-13-11-17(12-14-27)29-23-24-18-9-5-6-10-21(18)30-23/h2-10,15,17H,11-14H2,1H3. The van der Waals surface area contributed by atoms with Gasteiger partial charge in [-0.1, -0.05) is 53.8 Å². The van der Waals surface area contributed by atoms with Crippen LogP contribution in [0.25, 0.3) is 21.5 Å². The number of nitrogens with zero attached hydrogens (tertiary/aromatic N) is 4. The van der Waals surface area contributed by atoms with Crippen molar-refractivity contribution < 1.29 is 9.53 Å². The Morgan fingerprint density at radius 2 is 1.80 bits per heavy atom. The van der Waals surface area contributed by atoms with Gasteiger partial charge in [0, 0.05) is 38.5 Å². The summed E-state index contributed by atoms with van der Waals surface area (Å²) in [6.07, 6.45) is 1.68. The van der Waals surface area contributed by atoms with Gasteiger partial charge in [-0.05, 0) is 18.2 Å². The minimum absolute atomic E-state index is 0.0191. The third kappa shape index (κ3) is 3.68. The van der Waals surface area contributed by atoms with Crippen LogP contribution in [0.2, 0.25) is 0 Å². The van der Waals surface area contributed by atoms with Crippen molar-refractivity contribution in [2.75, 3.05) is 13.1 Å². The zero-order chi connectivity index (χ0) is 20.5. The number of aryl methyl sites for hydroxylation is 1. The minimum atomic E-state index is 0.0191. The molecule has 152 valence electrons. The summed E-state index contributed by atoms with van der Waals surface area (Å²) < 4.78 is 8.92. The third-order valence-electron chi connectivity index (χ3n) is 5.44. The number of hydrogen-bond acceptors (Lipinski definition) is 5. The van der Waals surface area contributed by atoms with Gasteiger partial charge in [0.05, 0.1) is 15.9 Å². The molecular formula is C23H22N4O2S. The van der Waals surface area contributed by atoms with Gasteiger partial charge in [-0.2, -0.15) is 5.10 Å². The highest BCUT2D eigenvalue weighted by molar-refractivity contribution is 7.20. The van der Waals surface area contributed by atoms with Crippen molar-refractivity contribution in [3.05, 3.63) is 66.4 Å². The van der Waals surface area contributed by atoms with Crippen LogP contribution >= 0.6 is 11.3 Å². The number of rotatable bonds is 4. The summed E-state index contributed by atoms with van der Waals surface area (Å²) >= 11 is 1.57. The zero-order valence-corrected chi connectivity index (χ0v) is 17.5. The van der Waals surface area contributed by atoms with Crippen molar-refractivity contribution in [3.63, 3.8) is 0 Å². The second kappa shape index (κ2) is 7.91. The van der Waals surface area contributed by atoms with Crippen LogP contribution < -0.4 is 4.74 Å². The minimum Gasteiger partial charge on any atom is -0.467 e. The van der Waals surface area contributed by atoms with E-state index < -0.39 is 0 Å². The van der Waals surface area contributed by atoms with Crippen molar-refractivity contribution >= 4 is 27.5 Å². The second-order valence-electron chi connectivity index (χ2n) is 7.46. The van der Waals surface area contributed by atoms with Crippen LogP contribution in [0.1, 0.15) is 23.3 Å². The fourth-order valence-electron chi connectivity index (χ4n) is 3.80. The molecule has 0 unspecified atom stereocenters. The van der Waals surface area contributed by atoms with E-state index in [1.165, 1.54) is 0 Å². The lowest BCUT2D eigenvalue weighted by Crippen LogP contribution is -2.42. The number of carbonyl (C=O) groups excluding carboxylic acids is 1. The number of aromatic nitrogens is 3. The van der Waals surface area contributed by atoms with E-state index in [1.807, 2.05) is 66.5 Å². The van der Waals surface area contributed by atoms with E-state index in [2.05, 4.69) is 16.1 Å². The van der Waals surface area contributed by atoms with Crippen molar-refractivity contribution in [1.29, 1.82) is 0 Å². The molecule has 0 saturated carbocycles. The van der Waals surface area contributed by atoms with E-state index in [9.17, 15) is 4.79 Å². The molecule has 7 heteroatoms. The SMILES string of the molecule is Cn1nc(-c2ccccc2)cc1C(=O)N1CCC(Oc2nc3ccccc3s2)CC1. The monoisotopic (exact) mass is 418 g/mol. The molecule has 2 aromatic carbocycles. The molecule has 0 bridgehead atoms. The first-order chi connectivity index (χ1) is 14.7. The number of amides is 1. The van der Waals surface area contributed by atoms with Gasteiger partial charge in [-0.3, -0.25) is 9.48 Å². The molecule has 6 nitrogen and oxygen atoms in total. The molecule has 30 heavy (non-hydrogen) atoms. The smallest absolute Gasteiger partial charge is 0.274 e. The van der Waals surface area contributed by atoms with Crippen LogP contribution in [0.15, 0.2) is 60.7 Å². The summed E-state index contributed by atoms with van der Waals surface area (Å²) in [4.78, 5) is 19.5. The molecule has 3 heterocycles. The maximum Gasteiger partial charge on any atom is 0.274 e. The molecule has 4 aromatic rings. The second-order valence-corrected chi connectivity index (χ2v) is 8.45. The van der Waals surface area contributed by atoms with Gasteiger partial charge in [0.1, 0.15) is 11.8 Å². The van der Waals surface area contributed by atoms with Gasteiger partial charge in [-0.25, -0.2) is 4.98 Å². The van der Waals surface area contributed by atoms with Crippen molar-refractivity contribution in [3.8, 4) is 16.5 Å². The maximum absolute atomic E-state index is 13.1. The highest BCUT2D eigenvalue weighted by atomic mass is 32.1. The molecular weight excluding hydrogens is 396 g/mol. The highest BCUT2D eigenvalue weighted by Crippen LogP contribution is 2.30. The Hall–Kier alpha value is -3.19. The van der Waals surface area contributed by atoms with E-state index in [1.54, 1.807) is 16.0 Å². The first-order valence-electron chi connectivity index (χ1n) is 10.1. The van der Waals surface area contributed by atoms with Crippen LogP contribution in [0, 0.1) is 0 Å². The quantitative estimate of drug-likeness (QED) is 0.493. The lowest BCUT2D eigenvalue weighted by molar-refractivity contribution is 0.0585. The highest BCUT2D eigenvalue weighted by Gasteiger charge is 2.27. The average Bonchev–Trinajstić information content (AvgIpc) is 3.37. The maximum atomic E-state index is 13.1. The summed E-state index contributed by atoms with van der Waals surface area (Å²) in [5, 5.41) is 5.23. The van der Waals surface area contributed by atoms with E-state index in [4.69, 9.17) is 4.74 Å². The molecule has 1 aliphatic rings. The fourth-order valence-corrected chi connectivity index (χ4v) is 4.68. The summed E-state index contributed by atoms with van der Waals surface area (Å²) in [7, 11) is 1.82. The summed E-state index contributed by atoms with van der Waals surface area (Å²) in [5.41, 5.74) is 3.40. The van der Waals surface area contributed by atoms with Gasteiger partial charge in [0.2, 0.25) is 0 Å². The Kier molecular flexibility index (Phi) is 4.96. The molecule has 1 saturated heterocycles. The molecule has 1 amide bonds. The molecule has 1 fully saturated rings. The predicted molar refractivity (Wildman–Crippen MR) is 118 cm³/mol. The lowest BCUT2D eigenvalue weighted by Gasteiger charge is -2.31. The molecule has 2 aromatic heterocycles. The Balaban J connectivity index is 1.23. The number of benzene rings is 2. The Morgan fingerprint density at radius 1 is 1.07 bits per heavy atom. The number of carbonyl (C=O) groups is 1. The van der Waals surface area contributed by atoms with Crippen molar-refractivity contribution in [2.45, 2.75) is 18.9 Å². The van der Waals surface area contributed by atoms with Crippen molar-refractivity contribution in [2.24, 2.45) is 7.05 Å². The topological polar surface area (TPSA) is 60.2 Å². The van der Waals surface area contributed by atoms with E-state index in [0.717, 1.165) is 34.3 Å². The molecule has 0 spiro atoms. The molecule has 1 aliphatic heterocycles. The molecule has 0 atom stereocenters. The zero-order valence-electron chi connectivity index (χ0n) is 16.7. The van der Waals surface area contributed by atoms with Crippen LogP contribution in [-0.4, -0.2) is 44.8 Å². The van der Waals surface area contributed by atoms with Crippen LogP contribution in [0.3, 0.4) is 0 Å². The molecule has 5 rings (SSSR count). The number of para-hydroxylation sites is 1. The first kappa shape index (κ1) is 18.8. The largest absolute Gasteiger partial charge is 0.467 e. The normalized spacial score (nSPS) is 14.9. The molecule has 0 aliphatic carbocycles. The Bertz CT molecular complexity index is 1140. The van der Waals surface area contributed by atoms with Crippen LogP contribution in [0.4, 0.5) is 0 Å². The van der Waals surface area contributed by atoms with Gasteiger partial charge >= 0.3 is 0 Å². The fraction of sp³-hybridized carbons (Fsp3) is 0.261. The first-order valence-corrected chi connectivity index (χ1v) is 10.9. The van der Waals surface area contributed by atoms with Gasteiger partial charge in [0.25, 0.3) is 11.1 Å². The Morgan fingerprint density at radius 3 is 2.57 bits per heavy atom. The average molecular weight is 419 g/mol. The number of thiazole rings is 1. The number of fused-ring (bicyclic) bond motifs is 1. The van der Waals surface area contributed by atoms with E-state index >= 15 is 0 Å². The lowest BCUT2D eigenvalue weighted by atomic mass is 10.1. The number of piperidine rings is 1.